The number of H-pyrrole nitrogens is 1. The molecule has 0 atom stereocenters. The summed E-state index contributed by atoms with van der Waals surface area (Å²) >= 11 is 1.39. The largest absolute Gasteiger partial charge is 0.312 e. The van der Waals surface area contributed by atoms with Crippen LogP contribution in [0, 0.1) is 0 Å². The minimum Gasteiger partial charge on any atom is -0.312 e. The predicted molar refractivity (Wildman–Crippen MR) is 108 cm³/mol. The average molecular weight is 405 g/mol. The van der Waals surface area contributed by atoms with E-state index >= 15 is 0 Å². The number of nitrogens with zero attached hydrogens (tertiary/aromatic N) is 3. The molecule has 3 heterocycles. The van der Waals surface area contributed by atoms with E-state index in [0.29, 0.717) is 17.4 Å². The number of carbonyl (C=O) groups excluding carboxylic acids is 1. The second kappa shape index (κ2) is 7.75. The summed E-state index contributed by atoms with van der Waals surface area (Å²) in [5.74, 6) is -0.258. The van der Waals surface area contributed by atoms with Crippen LogP contribution in [-0.4, -0.2) is 32.8 Å². The number of amides is 1. The molecule has 0 unspecified atom stereocenters. The minimum atomic E-state index is -0.280. The first-order valence-corrected chi connectivity index (χ1v) is 9.35. The topological polar surface area (TPSA) is 95.6 Å². The van der Waals surface area contributed by atoms with Crippen LogP contribution in [0.2, 0.25) is 0 Å². The van der Waals surface area contributed by atoms with Crippen LogP contribution in [0.15, 0.2) is 30.3 Å². The molecule has 0 spiro atoms. The molecule has 0 saturated carbocycles. The van der Waals surface area contributed by atoms with Crippen molar-refractivity contribution in [1.82, 2.24) is 25.7 Å². The molecule has 3 N–H and O–H groups in total. The zero-order valence-electron chi connectivity index (χ0n) is 15.1. The van der Waals surface area contributed by atoms with Crippen molar-refractivity contribution < 1.29 is 4.79 Å². The Labute approximate surface area is 167 Å². The maximum Gasteiger partial charge on any atom is 0.278 e. The molecular weight excluding hydrogens is 384 g/mol. The van der Waals surface area contributed by atoms with Gasteiger partial charge in [0, 0.05) is 36.2 Å². The van der Waals surface area contributed by atoms with Gasteiger partial charge in [0.1, 0.15) is 5.01 Å². The van der Waals surface area contributed by atoms with Crippen LogP contribution in [0.1, 0.15) is 46.2 Å². The third-order valence-corrected chi connectivity index (χ3v) is 5.86. The summed E-state index contributed by atoms with van der Waals surface area (Å²) in [5, 5.41) is 23.0. The molecule has 2 aromatic heterocycles. The number of hydrogen-bond acceptors (Lipinski definition) is 6. The molecule has 0 saturated heterocycles. The third kappa shape index (κ3) is 3.73. The fourth-order valence-electron chi connectivity index (χ4n) is 3.07. The van der Waals surface area contributed by atoms with Crippen molar-refractivity contribution in [2.24, 2.45) is 0 Å². The highest BCUT2D eigenvalue weighted by Crippen LogP contribution is 2.34. The van der Waals surface area contributed by atoms with E-state index in [1.807, 2.05) is 18.2 Å². The van der Waals surface area contributed by atoms with Gasteiger partial charge in [-0.05, 0) is 19.4 Å². The van der Waals surface area contributed by atoms with Gasteiger partial charge in [-0.3, -0.25) is 15.2 Å². The lowest BCUT2D eigenvalue weighted by atomic mass is 9.85. The van der Waals surface area contributed by atoms with Gasteiger partial charge in [0.2, 0.25) is 5.13 Å². The molecule has 1 aliphatic heterocycles. The van der Waals surface area contributed by atoms with Gasteiger partial charge in [0.15, 0.2) is 5.69 Å². The number of nitrogens with one attached hydrogen (secondary N) is 3. The first-order chi connectivity index (χ1) is 12.6. The normalized spacial score (nSPS) is 13.6. The Bertz CT molecular complexity index is 936. The van der Waals surface area contributed by atoms with Crippen LogP contribution < -0.4 is 10.6 Å². The van der Waals surface area contributed by atoms with E-state index in [2.05, 4.69) is 57.0 Å². The van der Waals surface area contributed by atoms with Crippen molar-refractivity contribution in [3.05, 3.63) is 57.9 Å². The maximum absolute atomic E-state index is 12.6. The number of anilines is 1. The highest BCUT2D eigenvalue weighted by atomic mass is 35.5. The molecule has 0 fully saturated rings. The van der Waals surface area contributed by atoms with E-state index in [-0.39, 0.29) is 23.7 Å². The van der Waals surface area contributed by atoms with Crippen LogP contribution in [0.5, 0.6) is 0 Å². The fourth-order valence-corrected chi connectivity index (χ4v) is 3.94. The Kier molecular flexibility index (Phi) is 5.59. The van der Waals surface area contributed by atoms with Crippen LogP contribution >= 0.6 is 23.7 Å². The molecule has 0 bridgehead atoms. The lowest BCUT2D eigenvalue weighted by Crippen LogP contribution is -2.25. The Morgan fingerprint density at radius 1 is 1.22 bits per heavy atom. The molecule has 0 radical (unpaired) electrons. The Balaban J connectivity index is 0.00000210. The second-order valence-corrected chi connectivity index (χ2v) is 7.79. The first kappa shape index (κ1) is 19.5. The SMILES string of the molecule is CC(C)(c1ccccc1)c1nnc(NC(=O)c2n[nH]c3c2CNCC3)s1.Cl. The molecular formula is C18H21ClN6OS. The van der Waals surface area contributed by atoms with Crippen LogP contribution in [-0.2, 0) is 18.4 Å². The van der Waals surface area contributed by atoms with Gasteiger partial charge in [0.05, 0.1) is 0 Å². The van der Waals surface area contributed by atoms with Crippen LogP contribution in [0.3, 0.4) is 0 Å². The highest BCUT2D eigenvalue weighted by molar-refractivity contribution is 7.15. The second-order valence-electron chi connectivity index (χ2n) is 6.81. The average Bonchev–Trinajstić information content (AvgIpc) is 3.29. The molecule has 1 amide bonds. The van der Waals surface area contributed by atoms with Crippen molar-refractivity contribution in [3.63, 3.8) is 0 Å². The predicted octanol–water partition coefficient (Wildman–Crippen LogP) is 2.91. The van der Waals surface area contributed by atoms with Crippen molar-refractivity contribution in [2.45, 2.75) is 32.2 Å². The molecule has 0 aliphatic carbocycles. The Morgan fingerprint density at radius 3 is 2.78 bits per heavy atom. The number of aromatic amines is 1. The van der Waals surface area contributed by atoms with Gasteiger partial charge in [-0.1, -0.05) is 41.7 Å². The monoisotopic (exact) mass is 404 g/mol. The number of hydrogen-bond donors (Lipinski definition) is 3. The number of halogens is 1. The van der Waals surface area contributed by atoms with Crippen molar-refractivity contribution >= 4 is 34.8 Å². The van der Waals surface area contributed by atoms with Crippen molar-refractivity contribution in [2.75, 3.05) is 11.9 Å². The summed E-state index contributed by atoms with van der Waals surface area (Å²) in [5.41, 5.74) is 3.25. The van der Waals surface area contributed by atoms with Gasteiger partial charge >= 0.3 is 0 Å². The third-order valence-electron chi connectivity index (χ3n) is 4.70. The van der Waals surface area contributed by atoms with E-state index in [4.69, 9.17) is 0 Å². The molecule has 27 heavy (non-hydrogen) atoms. The molecule has 1 aliphatic rings. The number of rotatable bonds is 4. The molecule has 1 aromatic carbocycles. The smallest absolute Gasteiger partial charge is 0.278 e. The van der Waals surface area contributed by atoms with Crippen molar-refractivity contribution in [3.8, 4) is 0 Å². The summed E-state index contributed by atoms with van der Waals surface area (Å²) in [7, 11) is 0. The van der Waals surface area contributed by atoms with E-state index in [1.54, 1.807) is 0 Å². The molecule has 4 rings (SSSR count). The lowest BCUT2D eigenvalue weighted by Gasteiger charge is -2.21. The standard InChI is InChI=1S/C18H20N6OS.ClH/c1-18(2,11-6-4-3-5-7-11)16-23-24-17(26-16)20-15(25)14-12-10-19-9-8-13(12)21-22-14;/h3-7,19H,8-10H2,1-2H3,(H,21,22)(H,20,24,25);1H. The number of carbonyl (C=O) groups is 1. The van der Waals surface area contributed by atoms with E-state index in [1.165, 1.54) is 11.3 Å². The number of benzene rings is 1. The zero-order valence-corrected chi connectivity index (χ0v) is 16.7. The van der Waals surface area contributed by atoms with E-state index in [0.717, 1.165) is 34.8 Å². The highest BCUT2D eigenvalue weighted by Gasteiger charge is 2.28. The minimum absolute atomic E-state index is 0. The van der Waals surface area contributed by atoms with Gasteiger partial charge < -0.3 is 5.32 Å². The quantitative estimate of drug-likeness (QED) is 0.621. The molecule has 9 heteroatoms. The Morgan fingerprint density at radius 2 is 2.00 bits per heavy atom. The van der Waals surface area contributed by atoms with E-state index < -0.39 is 0 Å². The molecule has 7 nitrogen and oxygen atoms in total. The molecule has 3 aromatic rings. The van der Waals surface area contributed by atoms with Crippen LogP contribution in [0.4, 0.5) is 5.13 Å². The summed E-state index contributed by atoms with van der Waals surface area (Å²) in [6, 6.07) is 10.2. The van der Waals surface area contributed by atoms with Crippen molar-refractivity contribution in [1.29, 1.82) is 0 Å². The summed E-state index contributed by atoms with van der Waals surface area (Å²) < 4.78 is 0. The zero-order chi connectivity index (χ0) is 18.1. The summed E-state index contributed by atoms with van der Waals surface area (Å²) in [6.07, 6.45) is 0.851. The van der Waals surface area contributed by atoms with Gasteiger partial charge in [0.25, 0.3) is 5.91 Å². The fraction of sp³-hybridized carbons (Fsp3) is 0.333. The number of fused-ring (bicyclic) bond motifs is 1. The number of aromatic nitrogens is 4. The lowest BCUT2D eigenvalue weighted by molar-refractivity contribution is 0.102. The van der Waals surface area contributed by atoms with Gasteiger partial charge in [-0.15, -0.1) is 22.6 Å². The molecule has 142 valence electrons. The first-order valence-electron chi connectivity index (χ1n) is 8.53. The van der Waals surface area contributed by atoms with Gasteiger partial charge in [-0.2, -0.15) is 5.10 Å². The van der Waals surface area contributed by atoms with Gasteiger partial charge in [-0.25, -0.2) is 0 Å². The van der Waals surface area contributed by atoms with Crippen LogP contribution in [0.25, 0.3) is 0 Å². The Hall–Kier alpha value is -2.29. The summed E-state index contributed by atoms with van der Waals surface area (Å²) in [6.45, 7) is 5.75. The van der Waals surface area contributed by atoms with E-state index in [9.17, 15) is 4.79 Å². The summed E-state index contributed by atoms with van der Waals surface area (Å²) in [4.78, 5) is 12.6. The maximum atomic E-state index is 12.6.